The number of halogens is 1. The third kappa shape index (κ3) is 5.86. The average molecular weight is 579 g/mol. The maximum Gasteiger partial charge on any atom is 0.338 e. The maximum absolute atomic E-state index is 13.9. The number of fused-ring (bicyclic) bond motifs is 1. The van der Waals surface area contributed by atoms with Gasteiger partial charge in [-0.15, -0.1) is 6.42 Å². The van der Waals surface area contributed by atoms with E-state index in [2.05, 4.69) is 24.8 Å². The number of terminal acetylenes is 1. The van der Waals surface area contributed by atoms with Crippen molar-refractivity contribution in [1.29, 1.82) is 0 Å². The van der Waals surface area contributed by atoms with Crippen molar-refractivity contribution in [2.45, 2.75) is 46.6 Å². The molecule has 1 aliphatic heterocycles. The lowest BCUT2D eigenvalue weighted by molar-refractivity contribution is -0.139. The number of rotatable bonds is 9. The Morgan fingerprint density at radius 2 is 1.93 bits per heavy atom. The molecular weight excluding hydrogens is 548 g/mol. The first-order valence-electron chi connectivity index (χ1n) is 13.0. The van der Waals surface area contributed by atoms with Crippen molar-refractivity contribution in [3.63, 3.8) is 0 Å². The molecule has 0 saturated carbocycles. The molecule has 2 aromatic carbocycles. The molecule has 3 aromatic rings. The standard InChI is InChI=1S/C31H31ClN2O5S/c1-7-14-39-28-23(32)15-20(16-24(28)37-8-2)17-25-29(35)34-27(22-12-10-21(11-13-22)18(4)5)26(30(36)38-9-3)19(6)33-31(34)40-25/h1,10-13,15-18,27H,8-9,14H2,2-6H3/b25-17+. The Hall–Kier alpha value is -3.80. The Labute approximate surface area is 242 Å². The number of esters is 1. The second-order valence-corrected chi connectivity index (χ2v) is 10.8. The van der Waals surface area contributed by atoms with Crippen LogP contribution in [0, 0.1) is 12.3 Å². The molecule has 4 rings (SSSR count). The molecule has 0 saturated heterocycles. The molecule has 1 aliphatic rings. The van der Waals surface area contributed by atoms with Crippen LogP contribution < -0.4 is 24.4 Å². The summed E-state index contributed by atoms with van der Waals surface area (Å²) in [5.41, 5.74) is 3.18. The van der Waals surface area contributed by atoms with E-state index in [1.165, 1.54) is 11.3 Å². The molecule has 0 aliphatic carbocycles. The quantitative estimate of drug-likeness (QED) is 0.264. The summed E-state index contributed by atoms with van der Waals surface area (Å²) in [6.45, 7) is 10.2. The predicted molar refractivity (Wildman–Crippen MR) is 158 cm³/mol. The van der Waals surface area contributed by atoms with E-state index >= 15 is 0 Å². The van der Waals surface area contributed by atoms with Crippen molar-refractivity contribution < 1.29 is 19.0 Å². The highest BCUT2D eigenvalue weighted by Crippen LogP contribution is 2.37. The molecule has 9 heteroatoms. The molecule has 0 amide bonds. The van der Waals surface area contributed by atoms with E-state index in [0.717, 1.165) is 11.1 Å². The number of hydrogen-bond acceptors (Lipinski definition) is 7. The largest absolute Gasteiger partial charge is 0.490 e. The number of hydrogen-bond donors (Lipinski definition) is 0. The highest BCUT2D eigenvalue weighted by Gasteiger charge is 2.33. The van der Waals surface area contributed by atoms with Crippen LogP contribution in [0.3, 0.4) is 0 Å². The average Bonchev–Trinajstić information content (AvgIpc) is 3.21. The Kier molecular flexibility index (Phi) is 9.18. The van der Waals surface area contributed by atoms with Crippen LogP contribution in [0.5, 0.6) is 11.5 Å². The topological polar surface area (TPSA) is 79.1 Å². The van der Waals surface area contributed by atoms with Crippen LogP contribution in [-0.4, -0.2) is 30.4 Å². The first-order chi connectivity index (χ1) is 19.2. The molecule has 0 N–H and O–H groups in total. The van der Waals surface area contributed by atoms with Gasteiger partial charge < -0.3 is 14.2 Å². The lowest BCUT2D eigenvalue weighted by Gasteiger charge is -2.25. The van der Waals surface area contributed by atoms with Gasteiger partial charge in [-0.05, 0) is 61.6 Å². The number of ether oxygens (including phenoxy) is 3. The number of benzene rings is 2. The summed E-state index contributed by atoms with van der Waals surface area (Å²) < 4.78 is 18.7. The summed E-state index contributed by atoms with van der Waals surface area (Å²) in [4.78, 5) is 32.2. The van der Waals surface area contributed by atoms with E-state index in [4.69, 9.17) is 32.2 Å². The minimum atomic E-state index is -0.680. The van der Waals surface area contributed by atoms with Crippen LogP contribution in [0.1, 0.15) is 63.3 Å². The van der Waals surface area contributed by atoms with Crippen molar-refractivity contribution in [3.8, 4) is 23.8 Å². The Morgan fingerprint density at radius 1 is 1.20 bits per heavy atom. The fourth-order valence-corrected chi connectivity index (χ4v) is 5.83. The fraction of sp³-hybridized carbons (Fsp3) is 0.323. The Balaban J connectivity index is 1.90. The van der Waals surface area contributed by atoms with Crippen LogP contribution in [0.2, 0.25) is 5.02 Å². The van der Waals surface area contributed by atoms with Gasteiger partial charge in [-0.3, -0.25) is 9.36 Å². The van der Waals surface area contributed by atoms with Gasteiger partial charge >= 0.3 is 5.97 Å². The van der Waals surface area contributed by atoms with Crippen molar-refractivity contribution in [1.82, 2.24) is 4.57 Å². The second-order valence-electron chi connectivity index (χ2n) is 9.38. The SMILES string of the molecule is C#CCOc1c(Cl)cc(/C=c2/sc3n(c2=O)C(c2ccc(C(C)C)cc2)C(C(=O)OCC)=C(C)N=3)cc1OCC. The van der Waals surface area contributed by atoms with Crippen LogP contribution in [-0.2, 0) is 9.53 Å². The number of allylic oxidation sites excluding steroid dienone is 1. The minimum Gasteiger partial charge on any atom is -0.490 e. The maximum atomic E-state index is 13.9. The molecule has 1 atom stereocenters. The van der Waals surface area contributed by atoms with Gasteiger partial charge in [0.1, 0.15) is 6.61 Å². The first-order valence-corrected chi connectivity index (χ1v) is 14.2. The van der Waals surface area contributed by atoms with Crippen molar-refractivity contribution >= 4 is 35.0 Å². The second kappa shape index (κ2) is 12.6. The number of carbonyl (C=O) groups is 1. The third-order valence-electron chi connectivity index (χ3n) is 6.37. The lowest BCUT2D eigenvalue weighted by Crippen LogP contribution is -2.39. The van der Waals surface area contributed by atoms with Gasteiger partial charge in [0.2, 0.25) is 0 Å². The summed E-state index contributed by atoms with van der Waals surface area (Å²) in [7, 11) is 0. The number of thiazole rings is 1. The van der Waals surface area contributed by atoms with Gasteiger partial charge in [0.05, 0.1) is 40.1 Å². The van der Waals surface area contributed by atoms with E-state index in [1.54, 1.807) is 36.6 Å². The molecule has 7 nitrogen and oxygen atoms in total. The van der Waals surface area contributed by atoms with E-state index < -0.39 is 12.0 Å². The summed E-state index contributed by atoms with van der Waals surface area (Å²) in [6, 6.07) is 10.7. The van der Waals surface area contributed by atoms with Crippen LogP contribution in [0.4, 0.5) is 0 Å². The lowest BCUT2D eigenvalue weighted by atomic mass is 9.93. The molecule has 0 bridgehead atoms. The van der Waals surface area contributed by atoms with Gasteiger partial charge in [-0.1, -0.05) is 67.0 Å². The number of aromatic nitrogens is 1. The van der Waals surface area contributed by atoms with Crippen LogP contribution >= 0.6 is 22.9 Å². The highest BCUT2D eigenvalue weighted by molar-refractivity contribution is 7.07. The molecule has 208 valence electrons. The number of nitrogens with zero attached hydrogens (tertiary/aromatic N) is 2. The van der Waals surface area contributed by atoms with E-state index in [-0.39, 0.29) is 18.8 Å². The van der Waals surface area contributed by atoms with Crippen molar-refractivity contribution in [3.05, 3.63) is 89.1 Å². The van der Waals surface area contributed by atoms with E-state index in [1.807, 2.05) is 31.2 Å². The normalized spacial score (nSPS) is 14.9. The zero-order valence-corrected chi connectivity index (χ0v) is 24.7. The highest BCUT2D eigenvalue weighted by atomic mass is 35.5. The zero-order chi connectivity index (χ0) is 29.0. The van der Waals surface area contributed by atoms with Crippen LogP contribution in [0.15, 0.2) is 57.5 Å². The molecule has 0 radical (unpaired) electrons. The summed E-state index contributed by atoms with van der Waals surface area (Å²) >= 11 is 7.74. The van der Waals surface area contributed by atoms with E-state index in [9.17, 15) is 9.59 Å². The first kappa shape index (κ1) is 29.2. The van der Waals surface area contributed by atoms with Crippen molar-refractivity contribution in [2.24, 2.45) is 4.99 Å². The molecule has 0 spiro atoms. The molecule has 40 heavy (non-hydrogen) atoms. The predicted octanol–water partition coefficient (Wildman–Crippen LogP) is 4.99. The van der Waals surface area contributed by atoms with Gasteiger partial charge in [0, 0.05) is 0 Å². The van der Waals surface area contributed by atoms with Gasteiger partial charge in [-0.25, -0.2) is 9.79 Å². The monoisotopic (exact) mass is 578 g/mol. The van der Waals surface area contributed by atoms with Crippen molar-refractivity contribution in [2.75, 3.05) is 19.8 Å². The molecule has 1 aromatic heterocycles. The Morgan fingerprint density at radius 3 is 2.55 bits per heavy atom. The fourth-order valence-electron chi connectivity index (χ4n) is 4.51. The van der Waals surface area contributed by atoms with Gasteiger partial charge in [0.15, 0.2) is 16.3 Å². The van der Waals surface area contributed by atoms with Crippen LogP contribution in [0.25, 0.3) is 6.08 Å². The van der Waals surface area contributed by atoms with Gasteiger partial charge in [0.25, 0.3) is 5.56 Å². The van der Waals surface area contributed by atoms with Gasteiger partial charge in [-0.2, -0.15) is 0 Å². The summed E-state index contributed by atoms with van der Waals surface area (Å²) in [5.74, 6) is 3.04. The Bertz CT molecular complexity index is 1680. The smallest absolute Gasteiger partial charge is 0.338 e. The molecule has 2 heterocycles. The number of carbonyl (C=O) groups excluding carboxylic acids is 1. The molecular formula is C31H31ClN2O5S. The summed E-state index contributed by atoms with van der Waals surface area (Å²) in [5, 5.41) is 0.309. The molecule has 1 unspecified atom stereocenters. The summed E-state index contributed by atoms with van der Waals surface area (Å²) in [6.07, 6.45) is 7.06. The minimum absolute atomic E-state index is 0.0397. The zero-order valence-electron chi connectivity index (χ0n) is 23.1. The third-order valence-corrected chi connectivity index (χ3v) is 7.63. The molecule has 0 fully saturated rings. The van der Waals surface area contributed by atoms with E-state index in [0.29, 0.717) is 55.2 Å².